The number of nitrogens with zero attached hydrogens (tertiary/aromatic N) is 3. The van der Waals surface area contributed by atoms with Crippen LogP contribution in [0.2, 0.25) is 0 Å². The molecule has 0 aromatic heterocycles. The minimum absolute atomic E-state index is 0.697. The van der Waals surface area contributed by atoms with E-state index in [9.17, 15) is 0 Å². The van der Waals surface area contributed by atoms with Gasteiger partial charge >= 0.3 is 0 Å². The maximum atomic E-state index is 4.77. The standard InChI is InChI=1S/C18H34N4/c1-3-7-16-12-17(16)20-18(19-4-2)22-11-8-15(14-22)13-21-9-5-6-10-21/h15-17H,3-14H2,1-2H3,(H,19,20). The van der Waals surface area contributed by atoms with Crippen molar-refractivity contribution < 1.29 is 0 Å². The van der Waals surface area contributed by atoms with Crippen molar-refractivity contribution in [2.45, 2.75) is 58.4 Å². The number of nitrogens with one attached hydrogen (secondary N) is 1. The van der Waals surface area contributed by atoms with E-state index in [4.69, 9.17) is 4.99 Å². The molecule has 0 amide bonds. The zero-order valence-electron chi connectivity index (χ0n) is 14.6. The topological polar surface area (TPSA) is 30.9 Å². The highest BCUT2D eigenvalue weighted by Crippen LogP contribution is 2.34. The van der Waals surface area contributed by atoms with Gasteiger partial charge in [0.05, 0.1) is 0 Å². The first-order valence-corrected chi connectivity index (χ1v) is 9.58. The van der Waals surface area contributed by atoms with E-state index in [1.54, 1.807) is 0 Å². The van der Waals surface area contributed by atoms with Crippen LogP contribution < -0.4 is 5.32 Å². The van der Waals surface area contributed by atoms with Crippen molar-refractivity contribution in [1.29, 1.82) is 0 Å². The van der Waals surface area contributed by atoms with Gasteiger partial charge < -0.3 is 15.1 Å². The summed E-state index contributed by atoms with van der Waals surface area (Å²) >= 11 is 0. The average molecular weight is 306 g/mol. The van der Waals surface area contributed by atoms with Crippen LogP contribution in [-0.2, 0) is 0 Å². The Balaban J connectivity index is 1.47. The van der Waals surface area contributed by atoms with Crippen LogP contribution >= 0.6 is 0 Å². The molecular weight excluding hydrogens is 272 g/mol. The van der Waals surface area contributed by atoms with Crippen LogP contribution in [0, 0.1) is 11.8 Å². The molecule has 0 aromatic rings. The minimum atomic E-state index is 0.697. The Hall–Kier alpha value is -0.770. The lowest BCUT2D eigenvalue weighted by Crippen LogP contribution is -2.42. The number of guanidine groups is 1. The third-order valence-corrected chi connectivity index (χ3v) is 5.50. The number of hydrogen-bond donors (Lipinski definition) is 1. The molecule has 4 heteroatoms. The quantitative estimate of drug-likeness (QED) is 0.604. The van der Waals surface area contributed by atoms with Gasteiger partial charge in [0.2, 0.25) is 0 Å². The maximum absolute atomic E-state index is 4.77. The van der Waals surface area contributed by atoms with Crippen LogP contribution in [0.1, 0.15) is 52.4 Å². The fourth-order valence-corrected chi connectivity index (χ4v) is 4.17. The van der Waals surface area contributed by atoms with Crippen molar-refractivity contribution in [3.05, 3.63) is 0 Å². The Morgan fingerprint density at radius 1 is 1.18 bits per heavy atom. The SMILES string of the molecule is CCCC1CC1NC(=NCC)N1CCC(CN2CCCC2)C1. The third-order valence-electron chi connectivity index (χ3n) is 5.50. The lowest BCUT2D eigenvalue weighted by atomic mass is 10.1. The molecule has 3 atom stereocenters. The molecule has 3 aliphatic rings. The lowest BCUT2D eigenvalue weighted by molar-refractivity contribution is 0.281. The minimum Gasteiger partial charge on any atom is -0.353 e. The Morgan fingerprint density at radius 3 is 2.73 bits per heavy atom. The summed E-state index contributed by atoms with van der Waals surface area (Å²) in [5.74, 6) is 2.93. The first-order chi connectivity index (χ1) is 10.8. The van der Waals surface area contributed by atoms with Gasteiger partial charge in [-0.25, -0.2) is 0 Å². The Bertz CT molecular complexity index is 375. The average Bonchev–Trinajstić information content (AvgIpc) is 2.94. The fourth-order valence-electron chi connectivity index (χ4n) is 4.17. The molecular formula is C18H34N4. The molecule has 0 aromatic carbocycles. The molecule has 0 bridgehead atoms. The molecule has 1 saturated carbocycles. The summed E-state index contributed by atoms with van der Waals surface area (Å²) < 4.78 is 0. The molecule has 3 unspecified atom stereocenters. The molecule has 2 saturated heterocycles. The van der Waals surface area contributed by atoms with Crippen molar-refractivity contribution in [1.82, 2.24) is 15.1 Å². The Kier molecular flexibility index (Phi) is 5.61. The van der Waals surface area contributed by atoms with E-state index in [2.05, 4.69) is 29.0 Å². The summed E-state index contributed by atoms with van der Waals surface area (Å²) in [4.78, 5) is 9.95. The molecule has 0 radical (unpaired) electrons. The van der Waals surface area contributed by atoms with Gasteiger partial charge in [0, 0.05) is 32.2 Å². The van der Waals surface area contributed by atoms with Crippen LogP contribution in [0.25, 0.3) is 0 Å². The molecule has 3 rings (SSSR count). The highest BCUT2D eigenvalue weighted by Gasteiger charge is 2.38. The molecule has 126 valence electrons. The van der Waals surface area contributed by atoms with Gasteiger partial charge in [0.25, 0.3) is 0 Å². The van der Waals surface area contributed by atoms with Crippen molar-refractivity contribution in [3.63, 3.8) is 0 Å². The first-order valence-electron chi connectivity index (χ1n) is 9.58. The van der Waals surface area contributed by atoms with Crippen molar-refractivity contribution in [2.24, 2.45) is 16.8 Å². The van der Waals surface area contributed by atoms with E-state index < -0.39 is 0 Å². The second-order valence-corrected chi connectivity index (χ2v) is 7.44. The van der Waals surface area contributed by atoms with Crippen LogP contribution in [-0.4, -0.2) is 61.1 Å². The second-order valence-electron chi connectivity index (χ2n) is 7.44. The van der Waals surface area contributed by atoms with Gasteiger partial charge in [-0.1, -0.05) is 13.3 Å². The lowest BCUT2D eigenvalue weighted by Gasteiger charge is -2.24. The van der Waals surface area contributed by atoms with Gasteiger partial charge in [0.15, 0.2) is 5.96 Å². The molecule has 22 heavy (non-hydrogen) atoms. The largest absolute Gasteiger partial charge is 0.353 e. The number of rotatable bonds is 6. The van der Waals surface area contributed by atoms with Gasteiger partial charge in [-0.2, -0.15) is 0 Å². The Morgan fingerprint density at radius 2 is 2.00 bits per heavy atom. The van der Waals surface area contributed by atoms with Gasteiger partial charge in [-0.3, -0.25) is 4.99 Å². The molecule has 2 aliphatic heterocycles. The van der Waals surface area contributed by atoms with E-state index in [1.165, 1.54) is 77.2 Å². The highest BCUT2D eigenvalue weighted by molar-refractivity contribution is 5.81. The monoisotopic (exact) mass is 306 g/mol. The summed E-state index contributed by atoms with van der Waals surface area (Å²) in [6.07, 6.45) is 8.17. The molecule has 1 N–H and O–H groups in total. The van der Waals surface area contributed by atoms with E-state index in [0.29, 0.717) is 6.04 Å². The smallest absolute Gasteiger partial charge is 0.194 e. The van der Waals surface area contributed by atoms with Crippen molar-refractivity contribution >= 4 is 5.96 Å². The van der Waals surface area contributed by atoms with E-state index in [0.717, 1.165) is 18.4 Å². The maximum Gasteiger partial charge on any atom is 0.194 e. The van der Waals surface area contributed by atoms with Crippen LogP contribution in [0.3, 0.4) is 0 Å². The predicted molar refractivity (Wildman–Crippen MR) is 93.3 cm³/mol. The zero-order chi connectivity index (χ0) is 15.4. The van der Waals surface area contributed by atoms with Gasteiger partial charge in [0.1, 0.15) is 0 Å². The number of hydrogen-bond acceptors (Lipinski definition) is 2. The second kappa shape index (κ2) is 7.67. The summed E-state index contributed by atoms with van der Waals surface area (Å²) in [5, 5.41) is 3.75. The number of aliphatic imine (C=N–C) groups is 1. The van der Waals surface area contributed by atoms with Crippen molar-refractivity contribution in [3.8, 4) is 0 Å². The van der Waals surface area contributed by atoms with Crippen LogP contribution in [0.15, 0.2) is 4.99 Å². The summed E-state index contributed by atoms with van der Waals surface area (Å²) in [6, 6.07) is 0.697. The predicted octanol–water partition coefficient (Wildman–Crippen LogP) is 2.56. The third kappa shape index (κ3) is 4.15. The van der Waals surface area contributed by atoms with E-state index >= 15 is 0 Å². The first kappa shape index (κ1) is 16.1. The van der Waals surface area contributed by atoms with E-state index in [1.807, 2.05) is 0 Å². The van der Waals surface area contributed by atoms with Crippen LogP contribution in [0.5, 0.6) is 0 Å². The molecule has 2 heterocycles. The Labute approximate surface area is 136 Å². The fraction of sp³-hybridized carbons (Fsp3) is 0.944. The molecule has 0 spiro atoms. The summed E-state index contributed by atoms with van der Waals surface area (Å²) in [6.45, 7) is 11.7. The highest BCUT2D eigenvalue weighted by atomic mass is 15.3. The van der Waals surface area contributed by atoms with Gasteiger partial charge in [-0.05, 0) is 64.0 Å². The zero-order valence-corrected chi connectivity index (χ0v) is 14.6. The van der Waals surface area contributed by atoms with Crippen LogP contribution in [0.4, 0.5) is 0 Å². The van der Waals surface area contributed by atoms with Crippen molar-refractivity contribution in [2.75, 3.05) is 39.3 Å². The summed E-state index contributed by atoms with van der Waals surface area (Å²) in [7, 11) is 0. The van der Waals surface area contributed by atoms with Gasteiger partial charge in [-0.15, -0.1) is 0 Å². The normalized spacial score (nSPS) is 32.7. The molecule has 1 aliphatic carbocycles. The molecule has 3 fully saturated rings. The number of likely N-dealkylation sites (tertiary alicyclic amines) is 2. The summed E-state index contributed by atoms with van der Waals surface area (Å²) in [5.41, 5.74) is 0. The molecule has 4 nitrogen and oxygen atoms in total. The van der Waals surface area contributed by atoms with E-state index in [-0.39, 0.29) is 0 Å².